The molecule has 9 nitrogen and oxygen atoms in total. The Kier molecular flexibility index (Phi) is 5.02. The predicted octanol–water partition coefficient (Wildman–Crippen LogP) is -0.571. The van der Waals surface area contributed by atoms with Crippen LogP contribution in [0.15, 0.2) is 45.3 Å². The molecule has 5 N–H and O–H groups in total. The molecule has 3 aliphatic rings. The van der Waals surface area contributed by atoms with Gasteiger partial charge in [0, 0.05) is 5.92 Å². The molecule has 0 spiro atoms. The fourth-order valence-corrected chi connectivity index (χ4v) is 4.18. The van der Waals surface area contributed by atoms with Crippen LogP contribution in [-0.2, 0) is 4.74 Å². The van der Waals surface area contributed by atoms with Crippen molar-refractivity contribution in [2.45, 2.75) is 49.5 Å². The number of aliphatic hydroxyl groups excluding tert-OH is 3. The zero-order valence-electron chi connectivity index (χ0n) is 15.6. The average Bonchev–Trinajstić information content (AvgIpc) is 3.26. The van der Waals surface area contributed by atoms with Crippen LogP contribution in [0.25, 0.3) is 0 Å². The zero-order chi connectivity index (χ0) is 19.9. The van der Waals surface area contributed by atoms with E-state index >= 15 is 0 Å². The van der Waals surface area contributed by atoms with Crippen molar-refractivity contribution in [2.75, 3.05) is 13.3 Å². The third kappa shape index (κ3) is 2.87. The number of aliphatic hydroxyl groups is 3. The van der Waals surface area contributed by atoms with Gasteiger partial charge in [0.05, 0.1) is 6.61 Å². The van der Waals surface area contributed by atoms with Crippen LogP contribution in [0, 0.1) is 0 Å². The molecule has 0 amide bonds. The van der Waals surface area contributed by atoms with E-state index < -0.39 is 36.8 Å². The summed E-state index contributed by atoms with van der Waals surface area (Å²) in [5.41, 5.74) is 7.27. The van der Waals surface area contributed by atoms with E-state index in [-0.39, 0.29) is 12.6 Å². The minimum atomic E-state index is -1.20. The number of ether oxygens (including phenoxy) is 1. The van der Waals surface area contributed by atoms with Gasteiger partial charge in [0.15, 0.2) is 17.7 Å². The van der Waals surface area contributed by atoms with Crippen molar-refractivity contribution < 1.29 is 20.1 Å². The summed E-state index contributed by atoms with van der Waals surface area (Å²) < 4.78 is 5.64. The monoisotopic (exact) mass is 387 g/mol. The highest BCUT2D eigenvalue weighted by molar-refractivity contribution is 6.47. The standard InChI is InChI=1S/C19H25N5O4/c1-2-12(11-6-4-3-5-7-11)19(20)16-17(21-9-23-19)24(10-22-16)18-15(27)14(26)13(8-25)28-18/h3-7,9,12-15,18,25-27H,2,8,10,20H2,1H3/t12?,13-,14-,15-,18-,19?/m1/s1. The number of benzene rings is 1. The largest absolute Gasteiger partial charge is 0.394 e. The van der Waals surface area contributed by atoms with Crippen molar-refractivity contribution in [1.82, 2.24) is 4.90 Å². The number of hydrogen-bond donors (Lipinski definition) is 4. The molecule has 28 heavy (non-hydrogen) atoms. The van der Waals surface area contributed by atoms with Crippen LogP contribution in [0.1, 0.15) is 24.8 Å². The molecule has 9 heteroatoms. The van der Waals surface area contributed by atoms with Gasteiger partial charge < -0.3 is 30.7 Å². The van der Waals surface area contributed by atoms with Crippen molar-refractivity contribution in [3.63, 3.8) is 0 Å². The molecule has 0 radical (unpaired) electrons. The van der Waals surface area contributed by atoms with Crippen LogP contribution >= 0.6 is 0 Å². The van der Waals surface area contributed by atoms with Crippen molar-refractivity contribution in [2.24, 2.45) is 20.7 Å². The van der Waals surface area contributed by atoms with Gasteiger partial charge >= 0.3 is 0 Å². The first-order chi connectivity index (χ1) is 13.5. The van der Waals surface area contributed by atoms with Gasteiger partial charge in [-0.15, -0.1) is 0 Å². The summed E-state index contributed by atoms with van der Waals surface area (Å²) >= 11 is 0. The van der Waals surface area contributed by atoms with Gasteiger partial charge in [-0.1, -0.05) is 37.3 Å². The molecule has 1 fully saturated rings. The molecule has 1 saturated heterocycles. The van der Waals surface area contributed by atoms with Crippen LogP contribution in [0.5, 0.6) is 0 Å². The lowest BCUT2D eigenvalue weighted by Gasteiger charge is -2.37. The second-order valence-electron chi connectivity index (χ2n) is 7.24. The number of rotatable bonds is 5. The Morgan fingerprint density at radius 1 is 1.29 bits per heavy atom. The van der Waals surface area contributed by atoms with E-state index in [1.165, 1.54) is 6.34 Å². The smallest absolute Gasteiger partial charge is 0.162 e. The van der Waals surface area contributed by atoms with Gasteiger partial charge in [-0.05, 0) is 12.0 Å². The van der Waals surface area contributed by atoms with Crippen LogP contribution < -0.4 is 5.73 Å². The normalized spacial score (nSPS) is 35.5. The molecule has 150 valence electrons. The molecule has 3 aliphatic heterocycles. The van der Waals surface area contributed by atoms with Crippen molar-refractivity contribution >= 4 is 17.9 Å². The second-order valence-corrected chi connectivity index (χ2v) is 7.24. The number of amidine groups is 1. The summed E-state index contributed by atoms with van der Waals surface area (Å²) in [4.78, 5) is 15.1. The van der Waals surface area contributed by atoms with E-state index in [0.29, 0.717) is 11.5 Å². The number of fused-ring (bicyclic) bond motifs is 1. The summed E-state index contributed by atoms with van der Waals surface area (Å²) in [6.45, 7) is 1.83. The maximum absolute atomic E-state index is 10.4. The van der Waals surface area contributed by atoms with Gasteiger partial charge in [-0.3, -0.25) is 4.99 Å². The Balaban J connectivity index is 1.63. The second kappa shape index (κ2) is 7.34. The van der Waals surface area contributed by atoms with Gasteiger partial charge in [0.25, 0.3) is 0 Å². The lowest BCUT2D eigenvalue weighted by molar-refractivity contribution is -0.0688. The highest BCUT2D eigenvalue weighted by atomic mass is 16.6. The van der Waals surface area contributed by atoms with Crippen LogP contribution in [-0.4, -0.2) is 81.6 Å². The Morgan fingerprint density at radius 2 is 2.04 bits per heavy atom. The minimum absolute atomic E-state index is 0.112. The molecule has 0 saturated carbocycles. The van der Waals surface area contributed by atoms with Crippen molar-refractivity contribution in [1.29, 1.82) is 0 Å². The Labute approximate surface area is 162 Å². The first-order valence-corrected chi connectivity index (χ1v) is 9.41. The number of hydrogen-bond acceptors (Lipinski definition) is 9. The molecular weight excluding hydrogens is 362 g/mol. The SMILES string of the molecule is CCC(c1ccccc1)C1(N)N=CN=C2C1=NCN2[C@@H]1O[C@H](CO)[C@@H](O)[C@H]1O. The molecule has 1 aromatic rings. The molecule has 4 rings (SSSR count). The number of nitrogens with two attached hydrogens (primary N) is 1. The third-order valence-electron chi connectivity index (χ3n) is 5.66. The molecule has 0 bridgehead atoms. The summed E-state index contributed by atoms with van der Waals surface area (Å²) in [5, 5.41) is 29.8. The lowest BCUT2D eigenvalue weighted by Crippen LogP contribution is -2.58. The highest BCUT2D eigenvalue weighted by Gasteiger charge is 2.52. The van der Waals surface area contributed by atoms with E-state index in [1.807, 2.05) is 37.3 Å². The molecule has 1 aromatic carbocycles. The summed E-state index contributed by atoms with van der Waals surface area (Å²) in [7, 11) is 0. The number of nitrogens with zero attached hydrogens (tertiary/aromatic N) is 4. The molecular formula is C19H25N5O4. The quantitative estimate of drug-likeness (QED) is 0.534. The minimum Gasteiger partial charge on any atom is -0.394 e. The number of aliphatic imine (C=N–C) groups is 3. The highest BCUT2D eigenvalue weighted by Crippen LogP contribution is 2.36. The van der Waals surface area contributed by atoms with Crippen LogP contribution in [0.3, 0.4) is 0 Å². The topological polar surface area (TPSA) is 136 Å². The molecule has 2 unspecified atom stereocenters. The van der Waals surface area contributed by atoms with E-state index in [2.05, 4.69) is 15.0 Å². The lowest BCUT2D eigenvalue weighted by atomic mass is 9.81. The third-order valence-corrected chi connectivity index (χ3v) is 5.66. The average molecular weight is 387 g/mol. The van der Waals surface area contributed by atoms with E-state index in [0.717, 1.165) is 12.0 Å². The summed E-state index contributed by atoms with van der Waals surface area (Å²) in [6, 6.07) is 9.91. The maximum Gasteiger partial charge on any atom is 0.162 e. The van der Waals surface area contributed by atoms with Gasteiger partial charge in [-0.2, -0.15) is 0 Å². The Hall–Kier alpha value is -2.17. The van der Waals surface area contributed by atoms with Gasteiger partial charge in [0.1, 0.15) is 37.0 Å². The molecule has 6 atom stereocenters. The first kappa shape index (κ1) is 19.2. The summed E-state index contributed by atoms with van der Waals surface area (Å²) in [5.74, 6) is 0.362. The fourth-order valence-electron chi connectivity index (χ4n) is 4.18. The molecule has 0 aliphatic carbocycles. The Bertz CT molecular complexity index is 814. The fraction of sp³-hybridized carbons (Fsp3) is 0.526. The van der Waals surface area contributed by atoms with Gasteiger partial charge in [-0.25, -0.2) is 9.98 Å². The van der Waals surface area contributed by atoms with Crippen LogP contribution in [0.2, 0.25) is 0 Å². The van der Waals surface area contributed by atoms with E-state index in [9.17, 15) is 15.3 Å². The van der Waals surface area contributed by atoms with Crippen molar-refractivity contribution in [3.8, 4) is 0 Å². The van der Waals surface area contributed by atoms with E-state index in [4.69, 9.17) is 10.5 Å². The van der Waals surface area contributed by atoms with Crippen LogP contribution in [0.4, 0.5) is 0 Å². The predicted molar refractivity (Wildman–Crippen MR) is 104 cm³/mol. The van der Waals surface area contributed by atoms with E-state index in [1.54, 1.807) is 4.90 Å². The maximum atomic E-state index is 10.4. The molecule has 0 aromatic heterocycles. The first-order valence-electron chi connectivity index (χ1n) is 9.41. The summed E-state index contributed by atoms with van der Waals surface area (Å²) in [6.07, 6.45) is -1.96. The van der Waals surface area contributed by atoms with Crippen molar-refractivity contribution in [3.05, 3.63) is 35.9 Å². The zero-order valence-corrected chi connectivity index (χ0v) is 15.6. The molecule has 3 heterocycles. The van der Waals surface area contributed by atoms with Gasteiger partial charge in [0.2, 0.25) is 0 Å². The Morgan fingerprint density at radius 3 is 2.68 bits per heavy atom.